The fourth-order valence-electron chi connectivity index (χ4n) is 1.78. The first kappa shape index (κ1) is 14.9. The van der Waals surface area contributed by atoms with E-state index in [0.717, 1.165) is 5.56 Å². The Bertz CT molecular complexity index is 562. The molecule has 0 radical (unpaired) electrons. The Balaban J connectivity index is 2.11. The van der Waals surface area contributed by atoms with E-state index in [-0.39, 0.29) is 5.91 Å². The first-order valence-corrected chi connectivity index (χ1v) is 7.64. The monoisotopic (exact) mass is 311 g/mol. The number of hydrogen-bond donors (Lipinski definition) is 1. The van der Waals surface area contributed by atoms with Crippen LogP contribution in [0.4, 0.5) is 10.5 Å². The summed E-state index contributed by atoms with van der Waals surface area (Å²) in [6.45, 7) is 2.36. The van der Waals surface area contributed by atoms with Crippen LogP contribution in [0.3, 0.4) is 0 Å². The van der Waals surface area contributed by atoms with Gasteiger partial charge in [0.2, 0.25) is 5.91 Å². The van der Waals surface area contributed by atoms with E-state index in [4.69, 9.17) is 11.6 Å². The average Bonchev–Trinajstić information content (AvgIpc) is 2.79. The third-order valence-corrected chi connectivity index (χ3v) is 4.02. The Morgan fingerprint density at radius 1 is 1.50 bits per heavy atom. The van der Waals surface area contributed by atoms with E-state index in [1.165, 1.54) is 16.7 Å². The van der Waals surface area contributed by atoms with Crippen molar-refractivity contribution >= 4 is 46.2 Å². The van der Waals surface area contributed by atoms with Gasteiger partial charge >= 0.3 is 6.03 Å². The highest BCUT2D eigenvalue weighted by Crippen LogP contribution is 2.20. The molecular weight excluding hydrogens is 298 g/mol. The standard InChI is InChI=1S/C13H14ClN3O2S/c1-2-17-11(18)8-20-13(17)16-12(19)15-10-6-4-3-5-9(10)7-14/h3-6H,2,7-8H2,1H3,(H,15,19)/b16-13-. The van der Waals surface area contributed by atoms with Gasteiger partial charge in [0.05, 0.1) is 5.75 Å². The first-order chi connectivity index (χ1) is 9.65. The van der Waals surface area contributed by atoms with E-state index >= 15 is 0 Å². The van der Waals surface area contributed by atoms with Gasteiger partial charge in [-0.15, -0.1) is 11.6 Å². The van der Waals surface area contributed by atoms with Crippen LogP contribution < -0.4 is 5.32 Å². The molecule has 2 rings (SSSR count). The molecule has 0 saturated carbocycles. The molecule has 0 spiro atoms. The lowest BCUT2D eigenvalue weighted by molar-refractivity contribution is -0.123. The highest BCUT2D eigenvalue weighted by molar-refractivity contribution is 8.15. The molecule has 1 N–H and O–H groups in total. The second-order valence-electron chi connectivity index (χ2n) is 4.04. The first-order valence-electron chi connectivity index (χ1n) is 6.12. The zero-order valence-electron chi connectivity index (χ0n) is 10.9. The molecule has 20 heavy (non-hydrogen) atoms. The van der Waals surface area contributed by atoms with Crippen LogP contribution in [0.15, 0.2) is 29.3 Å². The van der Waals surface area contributed by atoms with Crippen molar-refractivity contribution in [3.05, 3.63) is 29.8 Å². The number of nitrogens with zero attached hydrogens (tertiary/aromatic N) is 2. The van der Waals surface area contributed by atoms with Gasteiger partial charge in [0.1, 0.15) is 0 Å². The second-order valence-corrected chi connectivity index (χ2v) is 5.25. The molecule has 0 bridgehead atoms. The van der Waals surface area contributed by atoms with E-state index < -0.39 is 6.03 Å². The van der Waals surface area contributed by atoms with Crippen LogP contribution in [-0.2, 0) is 10.7 Å². The van der Waals surface area contributed by atoms with Crippen molar-refractivity contribution in [1.82, 2.24) is 4.90 Å². The zero-order chi connectivity index (χ0) is 14.5. The number of aliphatic imine (C=N–C) groups is 1. The Labute approximate surface area is 126 Å². The fourth-order valence-corrected chi connectivity index (χ4v) is 2.96. The van der Waals surface area contributed by atoms with Crippen molar-refractivity contribution < 1.29 is 9.59 Å². The number of benzene rings is 1. The second kappa shape index (κ2) is 6.76. The van der Waals surface area contributed by atoms with Gasteiger partial charge in [0, 0.05) is 18.1 Å². The topological polar surface area (TPSA) is 61.8 Å². The highest BCUT2D eigenvalue weighted by atomic mass is 35.5. The molecule has 1 fully saturated rings. The summed E-state index contributed by atoms with van der Waals surface area (Å²) in [5.41, 5.74) is 1.46. The summed E-state index contributed by atoms with van der Waals surface area (Å²) in [5.74, 6) is 0.616. The maximum Gasteiger partial charge on any atom is 0.347 e. The van der Waals surface area contributed by atoms with E-state index in [1.807, 2.05) is 25.1 Å². The molecule has 3 amide bonds. The fraction of sp³-hybridized carbons (Fsp3) is 0.308. The van der Waals surface area contributed by atoms with Gasteiger partial charge in [-0.25, -0.2) is 4.79 Å². The van der Waals surface area contributed by atoms with E-state index in [0.29, 0.717) is 29.0 Å². The number of carbonyl (C=O) groups excluding carboxylic acids is 2. The number of amidine groups is 1. The van der Waals surface area contributed by atoms with Crippen LogP contribution >= 0.6 is 23.4 Å². The number of hydrogen-bond acceptors (Lipinski definition) is 3. The van der Waals surface area contributed by atoms with Gasteiger partial charge in [0.25, 0.3) is 0 Å². The minimum absolute atomic E-state index is 0.0230. The normalized spacial score (nSPS) is 16.8. The summed E-state index contributed by atoms with van der Waals surface area (Å²) in [7, 11) is 0. The lowest BCUT2D eigenvalue weighted by Crippen LogP contribution is -2.30. The van der Waals surface area contributed by atoms with E-state index in [2.05, 4.69) is 10.3 Å². The number of urea groups is 1. The number of rotatable bonds is 3. The highest BCUT2D eigenvalue weighted by Gasteiger charge is 2.27. The van der Waals surface area contributed by atoms with Crippen LogP contribution in [0, 0.1) is 0 Å². The lowest BCUT2D eigenvalue weighted by Gasteiger charge is -2.12. The average molecular weight is 312 g/mol. The van der Waals surface area contributed by atoms with Crippen molar-refractivity contribution in [2.75, 3.05) is 17.6 Å². The van der Waals surface area contributed by atoms with Gasteiger partial charge < -0.3 is 5.32 Å². The molecule has 5 nitrogen and oxygen atoms in total. The van der Waals surface area contributed by atoms with E-state index in [1.54, 1.807) is 6.07 Å². The van der Waals surface area contributed by atoms with Crippen molar-refractivity contribution in [3.8, 4) is 0 Å². The number of thioether (sulfide) groups is 1. The maximum atomic E-state index is 11.9. The quantitative estimate of drug-likeness (QED) is 0.873. The molecular formula is C13H14ClN3O2S. The smallest absolute Gasteiger partial charge is 0.306 e. The van der Waals surface area contributed by atoms with Crippen molar-refractivity contribution in [2.45, 2.75) is 12.8 Å². The molecule has 0 unspecified atom stereocenters. The Morgan fingerprint density at radius 2 is 2.25 bits per heavy atom. The number of halogens is 1. The Morgan fingerprint density at radius 3 is 2.95 bits per heavy atom. The molecule has 7 heteroatoms. The third kappa shape index (κ3) is 3.32. The molecule has 1 aliphatic rings. The molecule has 1 aromatic carbocycles. The number of carbonyl (C=O) groups is 2. The van der Waals surface area contributed by atoms with Gasteiger partial charge in [-0.3, -0.25) is 9.69 Å². The number of anilines is 1. The predicted molar refractivity (Wildman–Crippen MR) is 82.3 cm³/mol. The molecule has 1 aliphatic heterocycles. The van der Waals surface area contributed by atoms with Gasteiger partial charge in [-0.1, -0.05) is 30.0 Å². The number of alkyl halides is 1. The molecule has 1 aromatic rings. The molecule has 0 aliphatic carbocycles. The predicted octanol–water partition coefficient (Wildman–Crippen LogP) is 2.91. The van der Waals surface area contributed by atoms with Gasteiger partial charge in [0.15, 0.2) is 5.17 Å². The van der Waals surface area contributed by atoms with Crippen LogP contribution in [0.2, 0.25) is 0 Å². The number of nitrogens with one attached hydrogen (secondary N) is 1. The number of amides is 3. The van der Waals surface area contributed by atoms with Crippen LogP contribution in [0.5, 0.6) is 0 Å². The zero-order valence-corrected chi connectivity index (χ0v) is 12.5. The number of para-hydroxylation sites is 1. The van der Waals surface area contributed by atoms with Crippen LogP contribution in [0.25, 0.3) is 0 Å². The molecule has 1 saturated heterocycles. The SMILES string of the molecule is CCN1C(=O)CS/C1=N\C(=O)Nc1ccccc1CCl. The van der Waals surface area contributed by atoms with Gasteiger partial charge in [-0.05, 0) is 18.6 Å². The van der Waals surface area contributed by atoms with E-state index in [9.17, 15) is 9.59 Å². The maximum absolute atomic E-state index is 11.9. The van der Waals surface area contributed by atoms with Crippen LogP contribution in [0.1, 0.15) is 12.5 Å². The van der Waals surface area contributed by atoms with Gasteiger partial charge in [-0.2, -0.15) is 4.99 Å². The summed E-state index contributed by atoms with van der Waals surface area (Å²) < 4.78 is 0. The van der Waals surface area contributed by atoms with Crippen molar-refractivity contribution in [1.29, 1.82) is 0 Å². The Hall–Kier alpha value is -1.53. The van der Waals surface area contributed by atoms with Crippen molar-refractivity contribution in [2.24, 2.45) is 4.99 Å². The summed E-state index contributed by atoms with van der Waals surface area (Å²) in [6.07, 6.45) is 0. The summed E-state index contributed by atoms with van der Waals surface area (Å²) >= 11 is 7.08. The summed E-state index contributed by atoms with van der Waals surface area (Å²) in [6, 6.07) is 6.76. The molecule has 1 heterocycles. The largest absolute Gasteiger partial charge is 0.347 e. The Kier molecular flexibility index (Phi) is 5.03. The minimum atomic E-state index is -0.502. The molecule has 0 atom stereocenters. The van der Waals surface area contributed by atoms with Crippen LogP contribution in [-0.4, -0.2) is 34.3 Å². The third-order valence-electron chi connectivity index (χ3n) is 2.77. The lowest BCUT2D eigenvalue weighted by atomic mass is 10.2. The molecule has 106 valence electrons. The van der Waals surface area contributed by atoms with Crippen molar-refractivity contribution in [3.63, 3.8) is 0 Å². The summed E-state index contributed by atoms with van der Waals surface area (Å²) in [4.78, 5) is 28.9. The molecule has 0 aromatic heterocycles. The summed E-state index contributed by atoms with van der Waals surface area (Å²) in [5, 5.41) is 3.13. The minimum Gasteiger partial charge on any atom is -0.306 e.